The zero-order valence-electron chi connectivity index (χ0n) is 8.61. The van der Waals surface area contributed by atoms with Crippen LogP contribution in [0.2, 0.25) is 0 Å². The first-order valence-electron chi connectivity index (χ1n) is 4.40. The fourth-order valence-electron chi connectivity index (χ4n) is 1.27. The zero-order valence-corrected chi connectivity index (χ0v) is 8.61. The van der Waals surface area contributed by atoms with Gasteiger partial charge in [0.1, 0.15) is 17.8 Å². The van der Waals surface area contributed by atoms with E-state index in [2.05, 4.69) is 0 Å². The number of hydrogen-bond acceptors (Lipinski definition) is 3. The summed E-state index contributed by atoms with van der Waals surface area (Å²) < 4.78 is 10.2. The normalized spacial score (nSPS) is 11.9. The molecule has 0 N–H and O–H groups in total. The van der Waals surface area contributed by atoms with Gasteiger partial charge < -0.3 is 14.3 Å². The van der Waals surface area contributed by atoms with Gasteiger partial charge in [0.15, 0.2) is 0 Å². The van der Waals surface area contributed by atoms with Gasteiger partial charge in [0.25, 0.3) is 0 Å². The Morgan fingerprint density at radius 1 is 1.29 bits per heavy atom. The van der Waals surface area contributed by atoms with Crippen molar-refractivity contribution < 1.29 is 14.3 Å². The molecule has 0 aliphatic rings. The van der Waals surface area contributed by atoms with E-state index in [-0.39, 0.29) is 5.92 Å². The summed E-state index contributed by atoms with van der Waals surface area (Å²) in [5, 5.41) is 0. The Bertz CT molecular complexity index is 320. The molecule has 14 heavy (non-hydrogen) atoms. The van der Waals surface area contributed by atoms with Crippen LogP contribution in [0.15, 0.2) is 18.2 Å². The van der Waals surface area contributed by atoms with Gasteiger partial charge in [-0.3, -0.25) is 0 Å². The fourth-order valence-corrected chi connectivity index (χ4v) is 1.27. The first-order valence-corrected chi connectivity index (χ1v) is 4.40. The molecule has 0 amide bonds. The number of rotatable bonds is 4. The largest absolute Gasteiger partial charge is 0.497 e. The zero-order chi connectivity index (χ0) is 10.6. The van der Waals surface area contributed by atoms with Gasteiger partial charge in [-0.25, -0.2) is 0 Å². The van der Waals surface area contributed by atoms with Gasteiger partial charge in [-0.15, -0.1) is 0 Å². The molecule has 0 heterocycles. The highest BCUT2D eigenvalue weighted by molar-refractivity contribution is 5.64. The summed E-state index contributed by atoms with van der Waals surface area (Å²) >= 11 is 0. The van der Waals surface area contributed by atoms with Gasteiger partial charge in [0, 0.05) is 11.5 Å². The average Bonchev–Trinajstić information content (AvgIpc) is 2.27. The molecule has 0 fully saturated rings. The maximum Gasteiger partial charge on any atom is 0.127 e. The predicted octanol–water partition coefficient (Wildman–Crippen LogP) is 2.01. The summed E-state index contributed by atoms with van der Waals surface area (Å²) in [6, 6.07) is 5.42. The van der Waals surface area contributed by atoms with Crippen molar-refractivity contribution in [2.75, 3.05) is 14.2 Å². The highest BCUT2D eigenvalue weighted by atomic mass is 16.5. The van der Waals surface area contributed by atoms with Crippen molar-refractivity contribution in [3.63, 3.8) is 0 Å². The maximum atomic E-state index is 10.7. The Morgan fingerprint density at radius 3 is 2.50 bits per heavy atom. The van der Waals surface area contributed by atoms with Crippen molar-refractivity contribution in [2.45, 2.75) is 12.8 Å². The van der Waals surface area contributed by atoms with Crippen LogP contribution in [0.3, 0.4) is 0 Å². The lowest BCUT2D eigenvalue weighted by Crippen LogP contribution is -1.99. The fraction of sp³-hybridized carbons (Fsp3) is 0.364. The van der Waals surface area contributed by atoms with Gasteiger partial charge in [-0.05, 0) is 18.2 Å². The molecule has 0 radical (unpaired) electrons. The van der Waals surface area contributed by atoms with E-state index in [9.17, 15) is 4.79 Å². The van der Waals surface area contributed by atoms with Crippen molar-refractivity contribution in [3.05, 3.63) is 23.8 Å². The van der Waals surface area contributed by atoms with Gasteiger partial charge in [0.05, 0.1) is 14.2 Å². The minimum Gasteiger partial charge on any atom is -0.497 e. The molecule has 0 aromatic heterocycles. The number of benzene rings is 1. The Balaban J connectivity index is 3.14. The number of ether oxygens (including phenoxy) is 2. The molecule has 76 valence electrons. The van der Waals surface area contributed by atoms with Gasteiger partial charge in [-0.1, -0.05) is 6.92 Å². The molecule has 0 saturated carbocycles. The average molecular weight is 194 g/mol. The number of methoxy groups -OCH3 is 2. The number of aldehydes is 1. The predicted molar refractivity (Wildman–Crippen MR) is 54.0 cm³/mol. The van der Waals surface area contributed by atoms with E-state index in [4.69, 9.17) is 9.47 Å². The second kappa shape index (κ2) is 4.65. The van der Waals surface area contributed by atoms with Crippen LogP contribution in [0.5, 0.6) is 11.5 Å². The first-order chi connectivity index (χ1) is 6.72. The molecule has 0 bridgehead atoms. The number of carbonyl (C=O) groups is 1. The van der Waals surface area contributed by atoms with Gasteiger partial charge >= 0.3 is 0 Å². The minimum absolute atomic E-state index is 0.181. The SMILES string of the molecule is COc1ccc(OC)c(C(C)C=O)c1. The van der Waals surface area contributed by atoms with Crippen LogP contribution in [-0.4, -0.2) is 20.5 Å². The van der Waals surface area contributed by atoms with Crippen molar-refractivity contribution in [1.82, 2.24) is 0 Å². The molecule has 1 atom stereocenters. The van der Waals surface area contributed by atoms with Crippen molar-refractivity contribution >= 4 is 6.29 Å². The number of hydrogen-bond donors (Lipinski definition) is 0. The molecule has 3 heteroatoms. The van der Waals surface area contributed by atoms with Crippen LogP contribution in [0.1, 0.15) is 18.4 Å². The lowest BCUT2D eigenvalue weighted by atomic mass is 10.0. The van der Waals surface area contributed by atoms with Gasteiger partial charge in [0.2, 0.25) is 0 Å². The van der Waals surface area contributed by atoms with Crippen LogP contribution in [0.25, 0.3) is 0 Å². The van der Waals surface area contributed by atoms with Crippen LogP contribution < -0.4 is 9.47 Å². The molecule has 1 aromatic rings. The second-order valence-corrected chi connectivity index (χ2v) is 3.03. The molecule has 1 unspecified atom stereocenters. The molecular weight excluding hydrogens is 180 g/mol. The van der Waals surface area contributed by atoms with E-state index in [0.29, 0.717) is 5.75 Å². The smallest absolute Gasteiger partial charge is 0.127 e. The molecule has 0 spiro atoms. The Kier molecular flexibility index (Phi) is 3.51. The Hall–Kier alpha value is -1.51. The quantitative estimate of drug-likeness (QED) is 0.688. The third-order valence-corrected chi connectivity index (χ3v) is 2.13. The molecule has 3 nitrogen and oxygen atoms in total. The molecule has 0 aliphatic carbocycles. The Labute approximate surface area is 83.6 Å². The van der Waals surface area contributed by atoms with E-state index in [0.717, 1.165) is 17.6 Å². The summed E-state index contributed by atoms with van der Waals surface area (Å²) in [6.45, 7) is 1.82. The van der Waals surface area contributed by atoms with Crippen LogP contribution in [-0.2, 0) is 4.79 Å². The highest BCUT2D eigenvalue weighted by Gasteiger charge is 2.11. The van der Waals surface area contributed by atoms with E-state index in [1.807, 2.05) is 13.0 Å². The lowest BCUT2D eigenvalue weighted by Gasteiger charge is -2.11. The molecule has 0 aliphatic heterocycles. The summed E-state index contributed by atoms with van der Waals surface area (Å²) in [6.07, 6.45) is 0.886. The van der Waals surface area contributed by atoms with Gasteiger partial charge in [-0.2, -0.15) is 0 Å². The van der Waals surface area contributed by atoms with Crippen molar-refractivity contribution in [2.24, 2.45) is 0 Å². The van der Waals surface area contributed by atoms with E-state index >= 15 is 0 Å². The van der Waals surface area contributed by atoms with Crippen molar-refractivity contribution in [1.29, 1.82) is 0 Å². The summed E-state index contributed by atoms with van der Waals surface area (Å²) in [5.74, 6) is 1.26. The van der Waals surface area contributed by atoms with Crippen molar-refractivity contribution in [3.8, 4) is 11.5 Å². The Morgan fingerprint density at radius 2 is 2.00 bits per heavy atom. The summed E-state index contributed by atoms with van der Waals surface area (Å²) in [4.78, 5) is 10.7. The lowest BCUT2D eigenvalue weighted by molar-refractivity contribution is -0.108. The summed E-state index contributed by atoms with van der Waals surface area (Å²) in [7, 11) is 3.18. The third kappa shape index (κ3) is 2.05. The first kappa shape index (κ1) is 10.6. The standard InChI is InChI=1S/C11H14O3/c1-8(7-12)10-6-9(13-2)4-5-11(10)14-3/h4-8H,1-3H3. The second-order valence-electron chi connectivity index (χ2n) is 3.03. The summed E-state index contributed by atoms with van der Waals surface area (Å²) in [5.41, 5.74) is 0.849. The molecule has 1 aromatic carbocycles. The minimum atomic E-state index is -0.181. The topological polar surface area (TPSA) is 35.5 Å². The van der Waals surface area contributed by atoms with Crippen LogP contribution >= 0.6 is 0 Å². The van der Waals surface area contributed by atoms with Crippen LogP contribution in [0.4, 0.5) is 0 Å². The monoisotopic (exact) mass is 194 g/mol. The van der Waals surface area contributed by atoms with E-state index in [1.165, 1.54) is 0 Å². The molecule has 0 saturated heterocycles. The third-order valence-electron chi connectivity index (χ3n) is 2.13. The van der Waals surface area contributed by atoms with Crippen LogP contribution in [0, 0.1) is 0 Å². The maximum absolute atomic E-state index is 10.7. The highest BCUT2D eigenvalue weighted by Crippen LogP contribution is 2.29. The molecular formula is C11H14O3. The van der Waals surface area contributed by atoms with E-state index in [1.54, 1.807) is 26.4 Å². The molecule has 1 rings (SSSR count). The number of carbonyl (C=O) groups excluding carboxylic acids is 1. The van der Waals surface area contributed by atoms with E-state index < -0.39 is 0 Å².